The highest BCUT2D eigenvalue weighted by molar-refractivity contribution is 9.10. The van der Waals surface area contributed by atoms with Gasteiger partial charge in [0.1, 0.15) is 5.75 Å². The van der Waals surface area contributed by atoms with Crippen LogP contribution in [0.2, 0.25) is 0 Å². The topological polar surface area (TPSA) is 50.7 Å². The summed E-state index contributed by atoms with van der Waals surface area (Å²) >= 11 is 3.33. The molecule has 1 N–H and O–H groups in total. The third-order valence-electron chi connectivity index (χ3n) is 2.26. The predicted molar refractivity (Wildman–Crippen MR) is 80.3 cm³/mol. The molecule has 5 heteroatoms. The minimum absolute atomic E-state index is 0.0416. The summed E-state index contributed by atoms with van der Waals surface area (Å²) in [5.41, 5.74) is 3.39. The van der Waals surface area contributed by atoms with Crippen LogP contribution in [0.25, 0.3) is 0 Å². The second kappa shape index (κ2) is 7.94. The van der Waals surface area contributed by atoms with Crippen LogP contribution in [0.4, 0.5) is 0 Å². The minimum Gasteiger partial charge on any atom is -0.484 e. The molecule has 0 spiro atoms. The molecule has 104 valence electrons. The molecule has 19 heavy (non-hydrogen) atoms. The van der Waals surface area contributed by atoms with Crippen molar-refractivity contribution in [1.29, 1.82) is 0 Å². The SMILES string of the molecule is C/C(CC(C)C)=N\NC(=O)COc1ccc(Br)cc1. The number of benzene rings is 1. The maximum atomic E-state index is 11.5. The summed E-state index contributed by atoms with van der Waals surface area (Å²) in [6, 6.07) is 7.31. The molecule has 0 saturated heterocycles. The van der Waals surface area contributed by atoms with Crippen LogP contribution in [-0.4, -0.2) is 18.2 Å². The third kappa shape index (κ3) is 6.96. The molecule has 0 fully saturated rings. The molecule has 0 heterocycles. The number of nitrogens with one attached hydrogen (secondary N) is 1. The van der Waals surface area contributed by atoms with Crippen molar-refractivity contribution in [2.24, 2.45) is 11.0 Å². The van der Waals surface area contributed by atoms with E-state index in [1.807, 2.05) is 19.1 Å². The van der Waals surface area contributed by atoms with Crippen molar-refractivity contribution < 1.29 is 9.53 Å². The molecular weight excluding hydrogens is 308 g/mol. The highest BCUT2D eigenvalue weighted by Crippen LogP contribution is 2.15. The molecule has 1 rings (SSSR count). The summed E-state index contributed by atoms with van der Waals surface area (Å²) in [6.45, 7) is 6.07. The molecule has 0 atom stereocenters. The molecule has 4 nitrogen and oxygen atoms in total. The number of carbonyl (C=O) groups is 1. The Balaban J connectivity index is 2.34. The standard InChI is InChI=1S/C14H19BrN2O2/c1-10(2)8-11(3)16-17-14(18)9-19-13-6-4-12(15)5-7-13/h4-7,10H,8-9H2,1-3H3,(H,17,18)/b16-11+. The Bertz CT molecular complexity index is 441. The van der Waals surface area contributed by atoms with Crippen LogP contribution in [0.3, 0.4) is 0 Å². The largest absolute Gasteiger partial charge is 0.484 e. The molecule has 1 aromatic carbocycles. The Labute approximate surface area is 122 Å². The molecule has 0 unspecified atom stereocenters. The normalized spacial score (nSPS) is 11.5. The molecule has 1 amide bonds. The van der Waals surface area contributed by atoms with Crippen molar-refractivity contribution >= 4 is 27.5 Å². The lowest BCUT2D eigenvalue weighted by Gasteiger charge is -2.06. The van der Waals surface area contributed by atoms with Crippen molar-refractivity contribution in [3.05, 3.63) is 28.7 Å². The zero-order valence-electron chi connectivity index (χ0n) is 11.4. The van der Waals surface area contributed by atoms with Crippen LogP contribution in [0.1, 0.15) is 27.2 Å². The molecule has 0 aliphatic carbocycles. The van der Waals surface area contributed by atoms with Gasteiger partial charge in [-0.1, -0.05) is 29.8 Å². The first-order chi connectivity index (χ1) is 8.97. The zero-order chi connectivity index (χ0) is 14.3. The van der Waals surface area contributed by atoms with E-state index in [9.17, 15) is 4.79 Å². The van der Waals surface area contributed by atoms with E-state index in [4.69, 9.17) is 4.74 Å². The molecule has 0 aliphatic rings. The predicted octanol–water partition coefficient (Wildman–Crippen LogP) is 3.37. The van der Waals surface area contributed by atoms with Gasteiger partial charge in [-0.05, 0) is 43.5 Å². The highest BCUT2D eigenvalue weighted by atomic mass is 79.9. The molecule has 0 aromatic heterocycles. The number of carbonyl (C=O) groups excluding carboxylic acids is 1. The lowest BCUT2D eigenvalue weighted by Crippen LogP contribution is -2.25. The molecular formula is C14H19BrN2O2. The van der Waals surface area contributed by atoms with Crippen LogP contribution < -0.4 is 10.2 Å². The number of amides is 1. The van der Waals surface area contributed by atoms with Gasteiger partial charge in [-0.15, -0.1) is 0 Å². The van der Waals surface area contributed by atoms with E-state index >= 15 is 0 Å². The van der Waals surface area contributed by atoms with E-state index in [1.54, 1.807) is 12.1 Å². The van der Waals surface area contributed by atoms with Gasteiger partial charge in [-0.2, -0.15) is 5.10 Å². The maximum absolute atomic E-state index is 11.5. The van der Waals surface area contributed by atoms with Crippen LogP contribution in [-0.2, 0) is 4.79 Å². The van der Waals surface area contributed by atoms with Crippen molar-refractivity contribution in [2.45, 2.75) is 27.2 Å². The van der Waals surface area contributed by atoms with E-state index in [2.05, 4.69) is 40.3 Å². The summed E-state index contributed by atoms with van der Waals surface area (Å²) in [4.78, 5) is 11.5. The van der Waals surface area contributed by atoms with Crippen LogP contribution >= 0.6 is 15.9 Å². The number of hydrazone groups is 1. The van der Waals surface area contributed by atoms with E-state index < -0.39 is 0 Å². The van der Waals surface area contributed by atoms with Gasteiger partial charge in [-0.25, -0.2) is 5.43 Å². The smallest absolute Gasteiger partial charge is 0.277 e. The lowest BCUT2D eigenvalue weighted by atomic mass is 10.1. The van der Waals surface area contributed by atoms with Gasteiger partial charge in [-0.3, -0.25) is 4.79 Å². The average molecular weight is 327 g/mol. The summed E-state index contributed by atoms with van der Waals surface area (Å²) in [5.74, 6) is 0.923. The average Bonchev–Trinajstić information content (AvgIpc) is 2.35. The first-order valence-electron chi connectivity index (χ1n) is 6.17. The molecule has 0 bridgehead atoms. The maximum Gasteiger partial charge on any atom is 0.277 e. The fourth-order valence-corrected chi connectivity index (χ4v) is 1.77. The number of rotatable bonds is 6. The van der Waals surface area contributed by atoms with Crippen LogP contribution in [0.5, 0.6) is 5.75 Å². The number of halogens is 1. The number of ether oxygens (including phenoxy) is 1. The lowest BCUT2D eigenvalue weighted by molar-refractivity contribution is -0.123. The van der Waals surface area contributed by atoms with Crippen molar-refractivity contribution in [2.75, 3.05) is 6.61 Å². The summed E-state index contributed by atoms with van der Waals surface area (Å²) in [5, 5.41) is 4.02. The number of hydrogen-bond donors (Lipinski definition) is 1. The summed E-state index contributed by atoms with van der Waals surface area (Å²) in [7, 11) is 0. The third-order valence-corrected chi connectivity index (χ3v) is 2.79. The van der Waals surface area contributed by atoms with Crippen LogP contribution in [0, 0.1) is 5.92 Å². The molecule has 0 saturated carbocycles. The second-order valence-electron chi connectivity index (χ2n) is 4.72. The molecule has 1 aromatic rings. The summed E-state index contributed by atoms with van der Waals surface area (Å²) < 4.78 is 6.30. The molecule has 0 radical (unpaired) electrons. The quantitative estimate of drug-likeness (QED) is 0.643. The fourth-order valence-electron chi connectivity index (χ4n) is 1.51. The minimum atomic E-state index is -0.258. The van der Waals surface area contributed by atoms with E-state index in [-0.39, 0.29) is 12.5 Å². The molecule has 0 aliphatic heterocycles. The van der Waals surface area contributed by atoms with Gasteiger partial charge in [0.25, 0.3) is 5.91 Å². The summed E-state index contributed by atoms with van der Waals surface area (Å²) in [6.07, 6.45) is 0.869. The Morgan fingerprint density at radius 3 is 2.58 bits per heavy atom. The van der Waals surface area contributed by atoms with E-state index in [0.29, 0.717) is 11.7 Å². The van der Waals surface area contributed by atoms with E-state index in [1.165, 1.54) is 0 Å². The number of nitrogens with zero attached hydrogens (tertiary/aromatic N) is 1. The Morgan fingerprint density at radius 2 is 2.00 bits per heavy atom. The van der Waals surface area contributed by atoms with Crippen molar-refractivity contribution in [3.63, 3.8) is 0 Å². The van der Waals surface area contributed by atoms with Gasteiger partial charge < -0.3 is 4.74 Å². The first-order valence-corrected chi connectivity index (χ1v) is 6.97. The zero-order valence-corrected chi connectivity index (χ0v) is 13.0. The van der Waals surface area contributed by atoms with Gasteiger partial charge in [0, 0.05) is 10.2 Å². The first kappa shape index (κ1) is 15.7. The van der Waals surface area contributed by atoms with Crippen molar-refractivity contribution in [1.82, 2.24) is 5.43 Å². The van der Waals surface area contributed by atoms with Gasteiger partial charge in [0.05, 0.1) is 0 Å². The van der Waals surface area contributed by atoms with Gasteiger partial charge in [0.2, 0.25) is 0 Å². The Hall–Kier alpha value is -1.36. The monoisotopic (exact) mass is 326 g/mol. The second-order valence-corrected chi connectivity index (χ2v) is 5.64. The Morgan fingerprint density at radius 1 is 1.37 bits per heavy atom. The van der Waals surface area contributed by atoms with Crippen molar-refractivity contribution in [3.8, 4) is 5.75 Å². The fraction of sp³-hybridized carbons (Fsp3) is 0.429. The number of hydrogen-bond acceptors (Lipinski definition) is 3. The Kier molecular flexibility index (Phi) is 6.56. The van der Waals surface area contributed by atoms with Gasteiger partial charge >= 0.3 is 0 Å². The highest BCUT2D eigenvalue weighted by Gasteiger charge is 2.03. The van der Waals surface area contributed by atoms with E-state index in [0.717, 1.165) is 16.6 Å². The van der Waals surface area contributed by atoms with Gasteiger partial charge in [0.15, 0.2) is 6.61 Å². The van der Waals surface area contributed by atoms with Crippen LogP contribution in [0.15, 0.2) is 33.8 Å².